The van der Waals surface area contributed by atoms with Crippen LogP contribution in [0.3, 0.4) is 0 Å². The third kappa shape index (κ3) is 4.19. The Morgan fingerprint density at radius 3 is 2.63 bits per heavy atom. The van der Waals surface area contributed by atoms with Crippen molar-refractivity contribution in [3.05, 3.63) is 71.4 Å². The number of carbonyl (C=O) groups is 1. The predicted octanol–water partition coefficient (Wildman–Crippen LogP) is 4.91. The van der Waals surface area contributed by atoms with Crippen molar-refractivity contribution in [3.63, 3.8) is 0 Å². The lowest BCUT2D eigenvalue weighted by atomic mass is 10.1. The van der Waals surface area contributed by atoms with Gasteiger partial charge in [-0.3, -0.25) is 4.79 Å². The number of halogens is 3. The van der Waals surface area contributed by atoms with Crippen molar-refractivity contribution >= 4 is 29.0 Å². The van der Waals surface area contributed by atoms with Crippen molar-refractivity contribution < 1.29 is 18.0 Å². The Labute approximate surface area is 170 Å². The number of amides is 1. The normalized spacial score (nSPS) is 14.1. The maximum absolute atomic E-state index is 13.5. The van der Waals surface area contributed by atoms with Gasteiger partial charge in [0.1, 0.15) is 11.4 Å². The molecule has 6 nitrogen and oxygen atoms in total. The summed E-state index contributed by atoms with van der Waals surface area (Å²) in [5.41, 5.74) is 1.98. The molecule has 1 aliphatic rings. The lowest BCUT2D eigenvalue weighted by Gasteiger charge is -2.19. The number of anilines is 4. The van der Waals surface area contributed by atoms with E-state index in [9.17, 15) is 18.0 Å². The van der Waals surface area contributed by atoms with E-state index in [-0.39, 0.29) is 24.1 Å². The van der Waals surface area contributed by atoms with Crippen molar-refractivity contribution in [2.75, 3.05) is 16.0 Å². The van der Waals surface area contributed by atoms with E-state index >= 15 is 0 Å². The van der Waals surface area contributed by atoms with Gasteiger partial charge in [-0.2, -0.15) is 18.2 Å². The van der Waals surface area contributed by atoms with Crippen LogP contribution in [-0.4, -0.2) is 15.9 Å². The molecular formula is C21H18F3N5O. The van der Waals surface area contributed by atoms with Crippen molar-refractivity contribution in [1.82, 2.24) is 9.97 Å². The fourth-order valence-corrected chi connectivity index (χ4v) is 3.23. The molecule has 154 valence electrons. The van der Waals surface area contributed by atoms with Crippen LogP contribution >= 0.6 is 0 Å². The molecule has 4 rings (SSSR count). The average molecular weight is 413 g/mol. The maximum Gasteiger partial charge on any atom is 0.421 e. The van der Waals surface area contributed by atoms with Crippen LogP contribution < -0.4 is 16.0 Å². The number of nitrogens with zero attached hydrogens (tertiary/aromatic N) is 2. The Balaban J connectivity index is 1.61. The minimum absolute atomic E-state index is 0.0167. The molecule has 2 heterocycles. The Hall–Kier alpha value is -3.62. The van der Waals surface area contributed by atoms with Crippen molar-refractivity contribution in [2.45, 2.75) is 25.6 Å². The molecule has 0 spiro atoms. The van der Waals surface area contributed by atoms with Gasteiger partial charge in [0.15, 0.2) is 0 Å². The smallest absolute Gasteiger partial charge is 0.363 e. The number of fused-ring (bicyclic) bond motifs is 1. The Morgan fingerprint density at radius 1 is 1.13 bits per heavy atom. The first-order chi connectivity index (χ1) is 14.3. The van der Waals surface area contributed by atoms with Crippen molar-refractivity contribution in [3.8, 4) is 0 Å². The van der Waals surface area contributed by atoms with Crippen LogP contribution in [0.15, 0.2) is 54.7 Å². The monoisotopic (exact) mass is 413 g/mol. The molecule has 0 saturated carbocycles. The van der Waals surface area contributed by atoms with Crippen LogP contribution in [0, 0.1) is 0 Å². The molecule has 2 aromatic carbocycles. The van der Waals surface area contributed by atoms with Gasteiger partial charge in [-0.15, -0.1) is 0 Å². The van der Waals surface area contributed by atoms with Crippen LogP contribution in [0.5, 0.6) is 0 Å². The summed E-state index contributed by atoms with van der Waals surface area (Å²) in [5, 5.41) is 8.48. The first-order valence-corrected chi connectivity index (χ1v) is 9.25. The summed E-state index contributed by atoms with van der Waals surface area (Å²) in [6.45, 7) is 1.76. The average Bonchev–Trinajstić information content (AvgIpc) is 3.07. The highest BCUT2D eigenvalue weighted by atomic mass is 19.4. The second kappa shape index (κ2) is 7.66. The van der Waals surface area contributed by atoms with Gasteiger partial charge in [-0.1, -0.05) is 30.3 Å². The van der Waals surface area contributed by atoms with Crippen LogP contribution in [0.25, 0.3) is 0 Å². The molecule has 0 saturated heterocycles. The molecule has 1 unspecified atom stereocenters. The zero-order valence-electron chi connectivity index (χ0n) is 15.9. The number of carbonyl (C=O) groups excluding carboxylic acids is 1. The third-order valence-corrected chi connectivity index (χ3v) is 4.73. The van der Waals surface area contributed by atoms with Crippen LogP contribution in [0.1, 0.15) is 29.7 Å². The molecule has 30 heavy (non-hydrogen) atoms. The lowest BCUT2D eigenvalue weighted by molar-refractivity contribution is -0.137. The van der Waals surface area contributed by atoms with E-state index in [1.54, 1.807) is 25.1 Å². The molecule has 1 aromatic heterocycles. The largest absolute Gasteiger partial charge is 0.421 e. The summed E-state index contributed by atoms with van der Waals surface area (Å²) in [7, 11) is 0. The summed E-state index contributed by atoms with van der Waals surface area (Å²) in [6, 6.07) is 13.9. The summed E-state index contributed by atoms with van der Waals surface area (Å²) in [5.74, 6) is -0.397. The second-order valence-electron chi connectivity index (χ2n) is 6.95. The number of hydrogen-bond acceptors (Lipinski definition) is 5. The zero-order chi connectivity index (χ0) is 21.3. The summed E-state index contributed by atoms with van der Waals surface area (Å²) < 4.78 is 40.4. The van der Waals surface area contributed by atoms with Gasteiger partial charge in [0, 0.05) is 23.6 Å². The number of alkyl halides is 3. The van der Waals surface area contributed by atoms with Gasteiger partial charge >= 0.3 is 6.18 Å². The Kier molecular flexibility index (Phi) is 5.03. The first kappa shape index (κ1) is 19.7. The van der Waals surface area contributed by atoms with Gasteiger partial charge in [0.25, 0.3) is 0 Å². The number of hydrogen-bond donors (Lipinski definition) is 3. The summed E-state index contributed by atoms with van der Waals surface area (Å²) in [6.07, 6.45) is -3.59. The van der Waals surface area contributed by atoms with Gasteiger partial charge in [-0.05, 0) is 36.2 Å². The molecule has 0 bridgehead atoms. The van der Waals surface area contributed by atoms with E-state index in [2.05, 4.69) is 25.9 Å². The van der Waals surface area contributed by atoms with Crippen molar-refractivity contribution in [2.24, 2.45) is 0 Å². The number of aromatic nitrogens is 2. The van der Waals surface area contributed by atoms with E-state index in [1.807, 2.05) is 30.3 Å². The quantitative estimate of drug-likeness (QED) is 0.554. The second-order valence-corrected chi connectivity index (χ2v) is 6.95. The number of benzene rings is 2. The third-order valence-electron chi connectivity index (χ3n) is 4.73. The Bertz CT molecular complexity index is 1090. The molecule has 0 aliphatic carbocycles. The highest BCUT2D eigenvalue weighted by Crippen LogP contribution is 2.35. The molecule has 3 N–H and O–H groups in total. The van der Waals surface area contributed by atoms with Crippen molar-refractivity contribution in [1.29, 1.82) is 0 Å². The fraction of sp³-hybridized carbons (Fsp3) is 0.190. The SMILES string of the molecule is CC(Nc1nc(Nc2ccc3c(c2)CC(=O)N3)ncc1C(F)(F)F)c1ccccc1. The van der Waals surface area contributed by atoms with E-state index in [4.69, 9.17) is 0 Å². The van der Waals surface area contributed by atoms with Gasteiger partial charge in [0.2, 0.25) is 11.9 Å². The molecule has 1 atom stereocenters. The minimum Gasteiger partial charge on any atom is -0.363 e. The van der Waals surface area contributed by atoms with Gasteiger partial charge < -0.3 is 16.0 Å². The molecule has 0 fully saturated rings. The highest BCUT2D eigenvalue weighted by molar-refractivity contribution is 5.99. The first-order valence-electron chi connectivity index (χ1n) is 9.25. The lowest BCUT2D eigenvalue weighted by Crippen LogP contribution is -2.16. The molecule has 1 amide bonds. The number of rotatable bonds is 5. The summed E-state index contributed by atoms with van der Waals surface area (Å²) in [4.78, 5) is 19.4. The van der Waals surface area contributed by atoms with Crippen LogP contribution in [0.2, 0.25) is 0 Å². The van der Waals surface area contributed by atoms with E-state index in [1.165, 1.54) is 0 Å². The van der Waals surface area contributed by atoms with E-state index in [0.29, 0.717) is 5.69 Å². The Morgan fingerprint density at radius 2 is 1.90 bits per heavy atom. The summed E-state index contributed by atoms with van der Waals surface area (Å²) >= 11 is 0. The van der Waals surface area contributed by atoms with Gasteiger partial charge in [0.05, 0.1) is 6.42 Å². The van der Waals surface area contributed by atoms with Crippen LogP contribution in [-0.2, 0) is 17.4 Å². The minimum atomic E-state index is -4.60. The highest BCUT2D eigenvalue weighted by Gasteiger charge is 2.35. The standard InChI is InChI=1S/C21H18F3N5O/c1-12(13-5-3-2-4-6-13)26-19-16(21(22,23)24)11-25-20(29-19)27-15-7-8-17-14(9-15)10-18(30)28-17/h2-9,11-12H,10H2,1H3,(H,28,30)(H2,25,26,27,29). The molecule has 3 aromatic rings. The van der Waals surface area contributed by atoms with E-state index < -0.39 is 17.8 Å². The molecule has 1 aliphatic heterocycles. The number of nitrogens with one attached hydrogen (secondary N) is 3. The molecule has 0 radical (unpaired) electrons. The molecule has 9 heteroatoms. The fourth-order valence-electron chi connectivity index (χ4n) is 3.23. The predicted molar refractivity (Wildman–Crippen MR) is 108 cm³/mol. The topological polar surface area (TPSA) is 78.9 Å². The van der Waals surface area contributed by atoms with Gasteiger partial charge in [-0.25, -0.2) is 4.98 Å². The molecular weight excluding hydrogens is 395 g/mol. The zero-order valence-corrected chi connectivity index (χ0v) is 15.9. The maximum atomic E-state index is 13.5. The van der Waals surface area contributed by atoms with Crippen LogP contribution in [0.4, 0.5) is 36.3 Å². The van der Waals surface area contributed by atoms with E-state index in [0.717, 1.165) is 23.0 Å².